The maximum absolute atomic E-state index is 13.0. The molecule has 2 aliphatic heterocycles. The minimum atomic E-state index is -0.0128. The van der Waals surface area contributed by atoms with Gasteiger partial charge in [-0.2, -0.15) is 0 Å². The number of hydrogen-bond donors (Lipinski definition) is 0. The van der Waals surface area contributed by atoms with Crippen molar-refractivity contribution in [2.75, 3.05) is 50.8 Å². The Morgan fingerprint density at radius 2 is 1.37 bits per heavy atom. The highest BCUT2D eigenvalue weighted by molar-refractivity contribution is 5.81. The first-order valence-corrected chi connectivity index (χ1v) is 10.7. The molecule has 0 bridgehead atoms. The third kappa shape index (κ3) is 4.93. The van der Waals surface area contributed by atoms with Crippen molar-refractivity contribution in [1.82, 2.24) is 9.80 Å². The number of carbonyl (C=O) groups excluding carboxylic acids is 2. The van der Waals surface area contributed by atoms with Gasteiger partial charge in [0.05, 0.1) is 0 Å². The first kappa shape index (κ1) is 20.3. The lowest BCUT2D eigenvalue weighted by atomic mass is 9.95. The van der Waals surface area contributed by atoms with Crippen LogP contribution in [0.2, 0.25) is 0 Å². The molecule has 4 rings (SSSR count). The van der Waals surface area contributed by atoms with E-state index in [2.05, 4.69) is 17.0 Å². The van der Waals surface area contributed by atoms with Crippen LogP contribution in [0.1, 0.15) is 12.8 Å². The second-order valence-electron chi connectivity index (χ2n) is 7.90. The number of ether oxygens (including phenoxy) is 1. The molecule has 0 N–H and O–H groups in total. The monoisotopic (exact) mass is 407 g/mol. The Hall–Kier alpha value is -3.02. The van der Waals surface area contributed by atoms with Gasteiger partial charge in [-0.3, -0.25) is 9.59 Å². The number of anilines is 1. The topological polar surface area (TPSA) is 53.1 Å². The lowest BCUT2D eigenvalue weighted by Crippen LogP contribution is -2.52. The summed E-state index contributed by atoms with van der Waals surface area (Å²) in [5.41, 5.74) is 1.22. The first-order valence-electron chi connectivity index (χ1n) is 10.7. The van der Waals surface area contributed by atoms with E-state index in [0.717, 1.165) is 39.0 Å². The van der Waals surface area contributed by atoms with E-state index in [4.69, 9.17) is 4.74 Å². The van der Waals surface area contributed by atoms with Gasteiger partial charge in [-0.15, -0.1) is 0 Å². The quantitative estimate of drug-likeness (QED) is 0.765. The van der Waals surface area contributed by atoms with Crippen molar-refractivity contribution in [3.8, 4) is 5.75 Å². The van der Waals surface area contributed by atoms with Gasteiger partial charge in [0.1, 0.15) is 5.75 Å². The smallest absolute Gasteiger partial charge is 0.260 e. The van der Waals surface area contributed by atoms with Crippen LogP contribution in [-0.4, -0.2) is 67.5 Å². The molecule has 2 amide bonds. The van der Waals surface area contributed by atoms with Crippen LogP contribution in [0.25, 0.3) is 0 Å². The maximum Gasteiger partial charge on any atom is 0.260 e. The summed E-state index contributed by atoms with van der Waals surface area (Å²) in [6.07, 6.45) is 1.46. The van der Waals surface area contributed by atoms with Gasteiger partial charge in [0, 0.05) is 50.9 Å². The second kappa shape index (κ2) is 9.65. The average Bonchev–Trinajstić information content (AvgIpc) is 2.83. The molecular formula is C24H29N3O3. The number of piperazine rings is 1. The van der Waals surface area contributed by atoms with Crippen LogP contribution in [-0.2, 0) is 9.59 Å². The summed E-state index contributed by atoms with van der Waals surface area (Å²) in [4.78, 5) is 31.5. The average molecular weight is 408 g/mol. The van der Waals surface area contributed by atoms with Crippen molar-refractivity contribution in [2.45, 2.75) is 12.8 Å². The van der Waals surface area contributed by atoms with Gasteiger partial charge >= 0.3 is 0 Å². The van der Waals surface area contributed by atoms with E-state index in [1.807, 2.05) is 58.3 Å². The first-order chi connectivity index (χ1) is 14.7. The molecule has 6 heteroatoms. The van der Waals surface area contributed by atoms with Crippen LogP contribution in [0.4, 0.5) is 5.69 Å². The molecule has 0 radical (unpaired) electrons. The van der Waals surface area contributed by atoms with Crippen molar-refractivity contribution in [3.05, 3.63) is 60.7 Å². The van der Waals surface area contributed by atoms with E-state index in [9.17, 15) is 9.59 Å². The van der Waals surface area contributed by atoms with Gasteiger partial charge in [-0.05, 0) is 37.1 Å². The SMILES string of the molecule is O=C(COc1ccccc1)N1CCC(C(=O)N2CCN(c3ccccc3)CC2)CC1. The van der Waals surface area contributed by atoms with Crippen LogP contribution in [0, 0.1) is 5.92 Å². The summed E-state index contributed by atoms with van der Waals surface area (Å²) in [7, 11) is 0. The number of para-hydroxylation sites is 2. The number of carbonyl (C=O) groups is 2. The summed E-state index contributed by atoms with van der Waals surface area (Å²) < 4.78 is 5.57. The maximum atomic E-state index is 13.0. The molecule has 2 fully saturated rings. The molecule has 2 saturated heterocycles. The number of amides is 2. The van der Waals surface area contributed by atoms with E-state index >= 15 is 0 Å². The zero-order valence-electron chi connectivity index (χ0n) is 17.3. The summed E-state index contributed by atoms with van der Waals surface area (Å²) in [6, 6.07) is 19.7. The molecule has 158 valence electrons. The van der Waals surface area contributed by atoms with Gasteiger partial charge in [-0.1, -0.05) is 36.4 Å². The Balaban J connectivity index is 1.20. The van der Waals surface area contributed by atoms with Crippen molar-refractivity contribution in [1.29, 1.82) is 0 Å². The molecule has 0 aliphatic carbocycles. The number of likely N-dealkylation sites (tertiary alicyclic amines) is 1. The van der Waals surface area contributed by atoms with Gasteiger partial charge in [0.2, 0.25) is 5.91 Å². The number of piperidine rings is 1. The third-order valence-electron chi connectivity index (χ3n) is 6.02. The zero-order chi connectivity index (χ0) is 20.8. The molecule has 0 atom stereocenters. The fourth-order valence-electron chi connectivity index (χ4n) is 4.21. The fraction of sp³-hybridized carbons (Fsp3) is 0.417. The lowest BCUT2D eigenvalue weighted by molar-refractivity contribution is -0.141. The number of rotatable bonds is 5. The highest BCUT2D eigenvalue weighted by Crippen LogP contribution is 2.22. The Morgan fingerprint density at radius 3 is 2.00 bits per heavy atom. The lowest BCUT2D eigenvalue weighted by Gasteiger charge is -2.39. The van der Waals surface area contributed by atoms with Gasteiger partial charge in [0.15, 0.2) is 6.61 Å². The van der Waals surface area contributed by atoms with E-state index in [0.29, 0.717) is 18.8 Å². The Bertz CT molecular complexity index is 827. The van der Waals surface area contributed by atoms with Crippen molar-refractivity contribution >= 4 is 17.5 Å². The number of hydrogen-bond acceptors (Lipinski definition) is 4. The van der Waals surface area contributed by atoms with E-state index < -0.39 is 0 Å². The van der Waals surface area contributed by atoms with Crippen LogP contribution in [0.5, 0.6) is 5.75 Å². The van der Waals surface area contributed by atoms with Gasteiger partial charge in [-0.25, -0.2) is 0 Å². The molecular weight excluding hydrogens is 378 g/mol. The van der Waals surface area contributed by atoms with Gasteiger partial charge in [0.25, 0.3) is 5.91 Å². The third-order valence-corrected chi connectivity index (χ3v) is 6.02. The van der Waals surface area contributed by atoms with Crippen LogP contribution in [0.15, 0.2) is 60.7 Å². The Labute approximate surface area is 178 Å². The fourth-order valence-corrected chi connectivity index (χ4v) is 4.21. The minimum absolute atomic E-state index is 0.0128. The van der Waals surface area contributed by atoms with Crippen molar-refractivity contribution < 1.29 is 14.3 Å². The minimum Gasteiger partial charge on any atom is -0.484 e. The Morgan fingerprint density at radius 1 is 0.767 bits per heavy atom. The van der Waals surface area contributed by atoms with Crippen LogP contribution < -0.4 is 9.64 Å². The summed E-state index contributed by atoms with van der Waals surface area (Å²) >= 11 is 0. The van der Waals surface area contributed by atoms with Gasteiger partial charge < -0.3 is 19.4 Å². The molecule has 30 heavy (non-hydrogen) atoms. The predicted molar refractivity (Wildman–Crippen MR) is 116 cm³/mol. The molecule has 2 aromatic rings. The van der Waals surface area contributed by atoms with E-state index in [-0.39, 0.29) is 24.3 Å². The van der Waals surface area contributed by atoms with E-state index in [1.54, 1.807) is 0 Å². The molecule has 2 heterocycles. The molecule has 2 aliphatic rings. The molecule has 0 spiro atoms. The highest BCUT2D eigenvalue weighted by Gasteiger charge is 2.31. The van der Waals surface area contributed by atoms with Crippen LogP contribution >= 0.6 is 0 Å². The van der Waals surface area contributed by atoms with Crippen molar-refractivity contribution in [3.63, 3.8) is 0 Å². The molecule has 0 aromatic heterocycles. The normalized spacial score (nSPS) is 17.7. The van der Waals surface area contributed by atoms with E-state index in [1.165, 1.54) is 5.69 Å². The number of benzene rings is 2. The predicted octanol–water partition coefficient (Wildman–Crippen LogP) is 2.65. The molecule has 0 saturated carbocycles. The second-order valence-corrected chi connectivity index (χ2v) is 7.90. The summed E-state index contributed by atoms with van der Waals surface area (Å²) in [6.45, 7) is 4.54. The summed E-state index contributed by atoms with van der Waals surface area (Å²) in [5.74, 6) is 0.953. The molecule has 0 unspecified atom stereocenters. The Kier molecular flexibility index (Phi) is 6.52. The standard InChI is InChI=1S/C24H29N3O3/c28-23(19-30-22-9-5-2-6-10-22)26-13-11-20(12-14-26)24(29)27-17-15-25(16-18-27)21-7-3-1-4-8-21/h1-10,20H,11-19H2. The summed E-state index contributed by atoms with van der Waals surface area (Å²) in [5, 5.41) is 0. The highest BCUT2D eigenvalue weighted by atomic mass is 16.5. The largest absolute Gasteiger partial charge is 0.484 e. The van der Waals surface area contributed by atoms with Crippen LogP contribution in [0.3, 0.4) is 0 Å². The van der Waals surface area contributed by atoms with Crippen molar-refractivity contribution in [2.24, 2.45) is 5.92 Å². The zero-order valence-corrected chi connectivity index (χ0v) is 17.3. The number of nitrogens with zero attached hydrogens (tertiary/aromatic N) is 3. The molecule has 6 nitrogen and oxygen atoms in total. The molecule has 2 aromatic carbocycles.